The third kappa shape index (κ3) is 2.09. The molecule has 0 aliphatic carbocycles. The lowest BCUT2D eigenvalue weighted by molar-refractivity contribution is -0.105. The van der Waals surface area contributed by atoms with Crippen molar-refractivity contribution in [3.8, 4) is 0 Å². The van der Waals surface area contributed by atoms with Crippen molar-refractivity contribution < 1.29 is 9.84 Å². The molecule has 3 unspecified atom stereocenters. The van der Waals surface area contributed by atoms with E-state index in [9.17, 15) is 5.11 Å². The van der Waals surface area contributed by atoms with Gasteiger partial charge in [0.15, 0.2) is 4.60 Å². The topological polar surface area (TPSA) is 63.4 Å². The molecule has 0 saturated carbocycles. The van der Waals surface area contributed by atoms with Crippen LogP contribution in [-0.2, 0) is 11.8 Å². The molecule has 2 aliphatic rings. The molecule has 18 heavy (non-hydrogen) atoms. The molecule has 3 atom stereocenters. The standard InChI is InChI=1S/C11H17BrN4O2/c1-15-9(11(12)13-14-15)10(17)8-5-16-4-2-3-7(16)6-18-8/h7-8,10,17H,2-6H2,1H3. The first-order valence-corrected chi connectivity index (χ1v) is 7.05. The summed E-state index contributed by atoms with van der Waals surface area (Å²) >= 11 is 3.32. The molecule has 2 aliphatic heterocycles. The molecule has 1 aromatic heterocycles. The fraction of sp³-hybridized carbons (Fsp3) is 0.818. The van der Waals surface area contributed by atoms with E-state index in [1.54, 1.807) is 11.7 Å². The first kappa shape index (κ1) is 12.5. The number of aliphatic hydroxyl groups excluding tert-OH is 1. The van der Waals surface area contributed by atoms with Crippen molar-refractivity contribution in [3.63, 3.8) is 0 Å². The fourth-order valence-electron chi connectivity index (χ4n) is 2.86. The fourth-order valence-corrected chi connectivity index (χ4v) is 3.42. The summed E-state index contributed by atoms with van der Waals surface area (Å²) in [4.78, 5) is 2.41. The molecule has 0 spiro atoms. The minimum absolute atomic E-state index is 0.201. The van der Waals surface area contributed by atoms with Crippen LogP contribution in [0.5, 0.6) is 0 Å². The zero-order valence-corrected chi connectivity index (χ0v) is 11.9. The number of morpholine rings is 1. The Kier molecular flexibility index (Phi) is 3.40. The molecule has 2 saturated heterocycles. The van der Waals surface area contributed by atoms with Crippen LogP contribution in [0.1, 0.15) is 24.6 Å². The highest BCUT2D eigenvalue weighted by atomic mass is 79.9. The summed E-state index contributed by atoms with van der Waals surface area (Å²) in [5.74, 6) is 0. The van der Waals surface area contributed by atoms with Crippen molar-refractivity contribution in [3.05, 3.63) is 10.3 Å². The van der Waals surface area contributed by atoms with Gasteiger partial charge in [-0.2, -0.15) is 0 Å². The van der Waals surface area contributed by atoms with E-state index in [2.05, 4.69) is 31.1 Å². The summed E-state index contributed by atoms with van der Waals surface area (Å²) < 4.78 is 7.99. The summed E-state index contributed by atoms with van der Waals surface area (Å²) in [6.07, 6.45) is 1.54. The van der Waals surface area contributed by atoms with E-state index in [-0.39, 0.29) is 6.10 Å². The SMILES string of the molecule is Cn1nnc(Br)c1C(O)C1CN2CCCC2CO1. The lowest BCUT2D eigenvalue weighted by atomic mass is 10.1. The summed E-state index contributed by atoms with van der Waals surface area (Å²) in [7, 11) is 1.78. The van der Waals surface area contributed by atoms with Crippen molar-refractivity contribution in [1.29, 1.82) is 0 Å². The van der Waals surface area contributed by atoms with Crippen LogP contribution in [0, 0.1) is 0 Å². The van der Waals surface area contributed by atoms with Crippen LogP contribution in [0.25, 0.3) is 0 Å². The van der Waals surface area contributed by atoms with Crippen LogP contribution in [0.15, 0.2) is 4.60 Å². The Morgan fingerprint density at radius 3 is 3.11 bits per heavy atom. The highest BCUT2D eigenvalue weighted by molar-refractivity contribution is 9.10. The Bertz CT molecular complexity index is 419. The average molecular weight is 317 g/mol. The first-order valence-electron chi connectivity index (χ1n) is 6.25. The van der Waals surface area contributed by atoms with Crippen molar-refractivity contribution in [2.24, 2.45) is 7.05 Å². The Labute approximate surface area is 114 Å². The smallest absolute Gasteiger partial charge is 0.154 e. The number of ether oxygens (including phenoxy) is 1. The maximum atomic E-state index is 10.4. The van der Waals surface area contributed by atoms with Crippen molar-refractivity contribution >= 4 is 15.9 Å². The van der Waals surface area contributed by atoms with E-state index in [0.717, 1.165) is 13.1 Å². The second-order valence-electron chi connectivity index (χ2n) is 5.00. The number of aryl methyl sites for hydroxylation is 1. The molecule has 0 aromatic carbocycles. The summed E-state index contributed by atoms with van der Waals surface area (Å²) in [5, 5.41) is 18.2. The molecule has 2 fully saturated rings. The van der Waals surface area contributed by atoms with E-state index in [4.69, 9.17) is 4.74 Å². The van der Waals surface area contributed by atoms with Crippen molar-refractivity contribution in [2.45, 2.75) is 31.1 Å². The van der Waals surface area contributed by atoms with E-state index in [1.807, 2.05) is 0 Å². The van der Waals surface area contributed by atoms with Gasteiger partial charge < -0.3 is 9.84 Å². The molecule has 0 bridgehead atoms. The molecule has 100 valence electrons. The van der Waals surface area contributed by atoms with E-state index in [0.29, 0.717) is 22.9 Å². The van der Waals surface area contributed by atoms with Crippen LogP contribution >= 0.6 is 15.9 Å². The minimum Gasteiger partial charge on any atom is -0.384 e. The van der Waals surface area contributed by atoms with Crippen LogP contribution in [-0.4, -0.2) is 56.8 Å². The monoisotopic (exact) mass is 316 g/mol. The second kappa shape index (κ2) is 4.88. The van der Waals surface area contributed by atoms with Gasteiger partial charge in [-0.05, 0) is 35.3 Å². The Balaban J connectivity index is 1.75. The van der Waals surface area contributed by atoms with E-state index < -0.39 is 6.10 Å². The first-order chi connectivity index (χ1) is 8.66. The number of hydrogen-bond donors (Lipinski definition) is 1. The van der Waals surface area contributed by atoms with Gasteiger partial charge in [0.05, 0.1) is 6.61 Å². The second-order valence-corrected chi connectivity index (χ2v) is 5.75. The van der Waals surface area contributed by atoms with Gasteiger partial charge in [0.2, 0.25) is 0 Å². The lowest BCUT2D eigenvalue weighted by Crippen LogP contribution is -2.48. The molecular formula is C11H17BrN4O2. The number of aliphatic hydroxyl groups is 1. The average Bonchev–Trinajstić information content (AvgIpc) is 2.94. The molecule has 7 heteroatoms. The third-order valence-corrected chi connectivity index (χ3v) is 4.44. The third-order valence-electron chi connectivity index (χ3n) is 3.88. The maximum absolute atomic E-state index is 10.4. The molecular weight excluding hydrogens is 300 g/mol. The number of hydrogen-bond acceptors (Lipinski definition) is 5. The van der Waals surface area contributed by atoms with Crippen LogP contribution in [0.3, 0.4) is 0 Å². The van der Waals surface area contributed by atoms with Crippen molar-refractivity contribution in [1.82, 2.24) is 19.9 Å². The van der Waals surface area contributed by atoms with Gasteiger partial charge in [-0.15, -0.1) is 5.10 Å². The lowest BCUT2D eigenvalue weighted by Gasteiger charge is -2.37. The number of fused-ring (bicyclic) bond motifs is 1. The number of rotatable bonds is 2. The Morgan fingerprint density at radius 2 is 2.39 bits per heavy atom. The zero-order valence-electron chi connectivity index (χ0n) is 10.3. The zero-order chi connectivity index (χ0) is 12.7. The number of aromatic nitrogens is 3. The van der Waals surface area contributed by atoms with Gasteiger partial charge in [-0.25, -0.2) is 4.68 Å². The molecule has 3 heterocycles. The van der Waals surface area contributed by atoms with E-state index >= 15 is 0 Å². The van der Waals surface area contributed by atoms with Gasteiger partial charge in [0.25, 0.3) is 0 Å². The summed E-state index contributed by atoms with van der Waals surface area (Å²) in [6.45, 7) is 2.61. The minimum atomic E-state index is -0.694. The summed E-state index contributed by atoms with van der Waals surface area (Å²) in [5.41, 5.74) is 0.678. The van der Waals surface area contributed by atoms with Gasteiger partial charge in [0.1, 0.15) is 17.9 Å². The van der Waals surface area contributed by atoms with Gasteiger partial charge in [-0.3, -0.25) is 4.90 Å². The van der Waals surface area contributed by atoms with Gasteiger partial charge >= 0.3 is 0 Å². The number of nitrogens with zero attached hydrogens (tertiary/aromatic N) is 4. The molecule has 3 rings (SSSR count). The van der Waals surface area contributed by atoms with Crippen LogP contribution < -0.4 is 0 Å². The van der Waals surface area contributed by atoms with Gasteiger partial charge in [0, 0.05) is 19.6 Å². The van der Waals surface area contributed by atoms with Crippen molar-refractivity contribution in [2.75, 3.05) is 19.7 Å². The normalized spacial score (nSPS) is 30.4. The molecule has 1 aromatic rings. The predicted molar refractivity (Wildman–Crippen MR) is 68.0 cm³/mol. The van der Waals surface area contributed by atoms with E-state index in [1.165, 1.54) is 12.8 Å². The predicted octanol–water partition coefficient (Wildman–Crippen LogP) is 0.474. The number of halogens is 1. The van der Waals surface area contributed by atoms with Gasteiger partial charge in [-0.1, -0.05) is 5.21 Å². The molecule has 0 amide bonds. The summed E-state index contributed by atoms with van der Waals surface area (Å²) in [6, 6.07) is 0.543. The Morgan fingerprint density at radius 1 is 1.56 bits per heavy atom. The van der Waals surface area contributed by atoms with Crippen LogP contribution in [0.4, 0.5) is 0 Å². The Hall–Kier alpha value is -0.500. The largest absolute Gasteiger partial charge is 0.384 e. The highest BCUT2D eigenvalue weighted by Gasteiger charge is 2.37. The highest BCUT2D eigenvalue weighted by Crippen LogP contribution is 2.30. The maximum Gasteiger partial charge on any atom is 0.154 e. The molecule has 0 radical (unpaired) electrons. The van der Waals surface area contributed by atoms with Crippen LogP contribution in [0.2, 0.25) is 0 Å². The molecule has 1 N–H and O–H groups in total. The molecule has 6 nitrogen and oxygen atoms in total. The quantitative estimate of drug-likeness (QED) is 0.859.